The first-order valence-electron chi connectivity index (χ1n) is 6.64. The summed E-state index contributed by atoms with van der Waals surface area (Å²) in [6, 6.07) is -0.136. The number of ether oxygens (including phenoxy) is 1. The molecule has 0 saturated carbocycles. The lowest BCUT2D eigenvalue weighted by Crippen LogP contribution is -2.57. The van der Waals surface area contributed by atoms with Crippen molar-refractivity contribution in [2.75, 3.05) is 32.8 Å². The lowest BCUT2D eigenvalue weighted by molar-refractivity contribution is 0.0348. The summed E-state index contributed by atoms with van der Waals surface area (Å²) in [7, 11) is -3.39. The molecule has 2 aliphatic rings. The van der Waals surface area contributed by atoms with Crippen molar-refractivity contribution >= 4 is 10.2 Å². The lowest BCUT2D eigenvalue weighted by Gasteiger charge is -2.40. The van der Waals surface area contributed by atoms with Gasteiger partial charge in [0, 0.05) is 31.7 Å². The molecular weight excluding hydrogens is 254 g/mol. The topological polar surface area (TPSA) is 75.9 Å². The van der Waals surface area contributed by atoms with Gasteiger partial charge in [0.25, 0.3) is 10.2 Å². The smallest absolute Gasteiger partial charge is 0.282 e. The predicted octanol–water partition coefficient (Wildman–Crippen LogP) is -0.235. The molecule has 0 aromatic rings. The second-order valence-corrected chi connectivity index (χ2v) is 6.87. The molecule has 0 aromatic carbocycles. The molecule has 0 amide bonds. The fourth-order valence-corrected chi connectivity index (χ4v) is 4.72. The molecule has 0 aromatic heterocycles. The summed E-state index contributed by atoms with van der Waals surface area (Å²) in [6.45, 7) is 4.27. The highest BCUT2D eigenvalue weighted by Gasteiger charge is 2.39. The molecule has 2 aliphatic heterocycles. The molecule has 2 rings (SSSR count). The molecule has 2 atom stereocenters. The van der Waals surface area contributed by atoms with Crippen LogP contribution in [0.1, 0.15) is 26.2 Å². The van der Waals surface area contributed by atoms with Gasteiger partial charge in [0.2, 0.25) is 0 Å². The normalized spacial score (nSPS) is 32.6. The Morgan fingerprint density at radius 1 is 1.28 bits per heavy atom. The third-order valence-corrected chi connectivity index (χ3v) is 5.95. The highest BCUT2D eigenvalue weighted by atomic mass is 32.2. The van der Waals surface area contributed by atoms with E-state index in [0.29, 0.717) is 32.8 Å². The van der Waals surface area contributed by atoms with Crippen LogP contribution in [-0.4, -0.2) is 62.0 Å². The van der Waals surface area contributed by atoms with Crippen LogP contribution in [0.5, 0.6) is 0 Å². The maximum atomic E-state index is 12.7. The van der Waals surface area contributed by atoms with E-state index >= 15 is 0 Å². The van der Waals surface area contributed by atoms with E-state index in [4.69, 9.17) is 10.5 Å². The minimum Gasteiger partial charge on any atom is -0.378 e. The van der Waals surface area contributed by atoms with Crippen LogP contribution < -0.4 is 5.73 Å². The molecule has 0 bridgehead atoms. The third kappa shape index (κ3) is 2.70. The van der Waals surface area contributed by atoms with Crippen LogP contribution in [-0.2, 0) is 14.9 Å². The van der Waals surface area contributed by atoms with Gasteiger partial charge in [-0.1, -0.05) is 6.42 Å². The van der Waals surface area contributed by atoms with Crippen molar-refractivity contribution in [2.45, 2.75) is 38.3 Å². The van der Waals surface area contributed by atoms with Crippen molar-refractivity contribution in [1.82, 2.24) is 8.61 Å². The summed E-state index contributed by atoms with van der Waals surface area (Å²) < 4.78 is 33.8. The Hall–Kier alpha value is -0.210. The quantitative estimate of drug-likeness (QED) is 0.773. The first kappa shape index (κ1) is 14.2. The molecule has 2 N–H and O–H groups in total. The Bertz CT molecular complexity index is 374. The number of piperidine rings is 1. The van der Waals surface area contributed by atoms with Gasteiger partial charge in [-0.15, -0.1) is 0 Å². The van der Waals surface area contributed by atoms with Crippen molar-refractivity contribution in [1.29, 1.82) is 0 Å². The molecule has 106 valence electrons. The van der Waals surface area contributed by atoms with Crippen LogP contribution >= 0.6 is 0 Å². The fraction of sp³-hybridized carbons (Fsp3) is 1.00. The number of hydrogen-bond donors (Lipinski definition) is 1. The maximum absolute atomic E-state index is 12.7. The van der Waals surface area contributed by atoms with Gasteiger partial charge in [0.1, 0.15) is 0 Å². The molecule has 2 saturated heterocycles. The summed E-state index contributed by atoms with van der Waals surface area (Å²) >= 11 is 0. The number of morpholine rings is 1. The zero-order valence-corrected chi connectivity index (χ0v) is 11.7. The minimum absolute atomic E-state index is 0.0428. The average molecular weight is 277 g/mol. The van der Waals surface area contributed by atoms with Gasteiger partial charge >= 0.3 is 0 Å². The van der Waals surface area contributed by atoms with Crippen LogP contribution in [0.25, 0.3) is 0 Å². The molecule has 6 nitrogen and oxygen atoms in total. The second-order valence-electron chi connectivity index (χ2n) is 5.04. The van der Waals surface area contributed by atoms with Gasteiger partial charge in [-0.25, -0.2) is 0 Å². The van der Waals surface area contributed by atoms with Gasteiger partial charge in [-0.2, -0.15) is 17.0 Å². The average Bonchev–Trinajstić information content (AvgIpc) is 2.39. The summed E-state index contributed by atoms with van der Waals surface area (Å²) in [5, 5.41) is 0. The highest BCUT2D eigenvalue weighted by molar-refractivity contribution is 7.86. The molecule has 0 radical (unpaired) electrons. The Kier molecular flexibility index (Phi) is 4.60. The number of nitrogens with two attached hydrogens (primary N) is 1. The van der Waals surface area contributed by atoms with Crippen LogP contribution in [0.4, 0.5) is 0 Å². The van der Waals surface area contributed by atoms with Crippen molar-refractivity contribution < 1.29 is 13.2 Å². The first-order valence-corrected chi connectivity index (χ1v) is 8.03. The zero-order valence-electron chi connectivity index (χ0n) is 10.9. The van der Waals surface area contributed by atoms with Crippen LogP contribution in [0.3, 0.4) is 0 Å². The first-order chi connectivity index (χ1) is 8.57. The van der Waals surface area contributed by atoms with Crippen molar-refractivity contribution in [2.24, 2.45) is 5.73 Å². The van der Waals surface area contributed by atoms with E-state index in [1.807, 2.05) is 6.92 Å². The van der Waals surface area contributed by atoms with Gasteiger partial charge in [-0.05, 0) is 19.8 Å². The highest BCUT2D eigenvalue weighted by Crippen LogP contribution is 2.24. The molecule has 2 fully saturated rings. The monoisotopic (exact) mass is 277 g/mol. The molecule has 2 unspecified atom stereocenters. The molecule has 2 heterocycles. The fourth-order valence-electron chi connectivity index (χ4n) is 2.70. The third-order valence-electron chi connectivity index (χ3n) is 3.74. The van der Waals surface area contributed by atoms with Crippen LogP contribution in [0, 0.1) is 0 Å². The molecule has 7 heteroatoms. The van der Waals surface area contributed by atoms with Crippen LogP contribution in [0.2, 0.25) is 0 Å². The standard InChI is InChI=1S/C11H23N3O3S/c1-10-9-17-7-6-13(10)18(15,16)14-5-3-2-4-11(14)8-12/h10-11H,2-9,12H2,1H3. The van der Waals surface area contributed by atoms with Gasteiger partial charge in [0.05, 0.1) is 13.2 Å². The molecule has 0 spiro atoms. The summed E-state index contributed by atoms with van der Waals surface area (Å²) in [4.78, 5) is 0. The maximum Gasteiger partial charge on any atom is 0.282 e. The SMILES string of the molecule is CC1COCCN1S(=O)(=O)N1CCCCC1CN. The van der Waals surface area contributed by atoms with E-state index in [9.17, 15) is 8.42 Å². The van der Waals surface area contributed by atoms with Crippen molar-refractivity contribution in [3.8, 4) is 0 Å². The predicted molar refractivity (Wildman–Crippen MR) is 69.3 cm³/mol. The molecule has 0 aliphatic carbocycles. The van der Waals surface area contributed by atoms with E-state index in [2.05, 4.69) is 0 Å². The largest absolute Gasteiger partial charge is 0.378 e. The van der Waals surface area contributed by atoms with E-state index in [0.717, 1.165) is 19.3 Å². The van der Waals surface area contributed by atoms with E-state index < -0.39 is 10.2 Å². The van der Waals surface area contributed by atoms with Crippen LogP contribution in [0.15, 0.2) is 0 Å². The van der Waals surface area contributed by atoms with Gasteiger partial charge < -0.3 is 10.5 Å². The van der Waals surface area contributed by atoms with E-state index in [1.54, 1.807) is 8.61 Å². The number of nitrogens with zero attached hydrogens (tertiary/aromatic N) is 2. The summed E-state index contributed by atoms with van der Waals surface area (Å²) in [5.74, 6) is 0. The van der Waals surface area contributed by atoms with Gasteiger partial charge in [-0.3, -0.25) is 0 Å². The Balaban J connectivity index is 2.17. The van der Waals surface area contributed by atoms with Crippen molar-refractivity contribution in [3.63, 3.8) is 0 Å². The van der Waals surface area contributed by atoms with Gasteiger partial charge in [0.15, 0.2) is 0 Å². The second kappa shape index (κ2) is 5.83. The van der Waals surface area contributed by atoms with E-state index in [-0.39, 0.29) is 12.1 Å². The number of hydrogen-bond acceptors (Lipinski definition) is 4. The Morgan fingerprint density at radius 2 is 2.06 bits per heavy atom. The Labute approximate surface area is 109 Å². The molecule has 18 heavy (non-hydrogen) atoms. The Morgan fingerprint density at radius 3 is 2.72 bits per heavy atom. The van der Waals surface area contributed by atoms with Crippen molar-refractivity contribution in [3.05, 3.63) is 0 Å². The lowest BCUT2D eigenvalue weighted by atomic mass is 10.1. The molecular formula is C11H23N3O3S. The summed E-state index contributed by atoms with van der Waals surface area (Å²) in [5.41, 5.74) is 5.71. The number of rotatable bonds is 3. The minimum atomic E-state index is -3.39. The van der Waals surface area contributed by atoms with E-state index in [1.165, 1.54) is 0 Å². The zero-order chi connectivity index (χ0) is 13.2. The summed E-state index contributed by atoms with van der Waals surface area (Å²) in [6.07, 6.45) is 2.86.